The largest absolute Gasteiger partial charge is 0.494 e. The average molecular weight is 395 g/mol. The lowest BCUT2D eigenvalue weighted by Gasteiger charge is -2.16. The quantitative estimate of drug-likeness (QED) is 0.581. The molecule has 8 nitrogen and oxygen atoms in total. The summed E-state index contributed by atoms with van der Waals surface area (Å²) in [6.45, 7) is 1.97. The first kappa shape index (κ1) is 19.4. The van der Waals surface area contributed by atoms with E-state index in [9.17, 15) is 9.90 Å². The molecule has 3 heterocycles. The van der Waals surface area contributed by atoms with E-state index >= 15 is 0 Å². The summed E-state index contributed by atoms with van der Waals surface area (Å²) >= 11 is 0. The first-order valence-electron chi connectivity index (χ1n) is 9.82. The number of benzene rings is 1. The number of hydrogen-bond acceptors (Lipinski definition) is 6. The van der Waals surface area contributed by atoms with Crippen molar-refractivity contribution in [2.75, 3.05) is 26.2 Å². The maximum absolute atomic E-state index is 12.8. The van der Waals surface area contributed by atoms with Crippen LogP contribution in [0.2, 0.25) is 0 Å². The Hall–Kier alpha value is -2.97. The Labute approximate surface area is 168 Å². The lowest BCUT2D eigenvalue weighted by Crippen LogP contribution is -2.29. The van der Waals surface area contributed by atoms with Gasteiger partial charge in [-0.15, -0.1) is 0 Å². The number of nitrogens with two attached hydrogens (primary N) is 1. The molecule has 3 N–H and O–H groups in total. The van der Waals surface area contributed by atoms with Crippen LogP contribution in [0.4, 0.5) is 0 Å². The Bertz CT molecular complexity index is 972. The highest BCUT2D eigenvalue weighted by Crippen LogP contribution is 2.23. The van der Waals surface area contributed by atoms with E-state index in [4.69, 9.17) is 10.5 Å². The van der Waals surface area contributed by atoms with E-state index in [1.165, 1.54) is 0 Å². The number of carbonyl (C=O) groups is 1. The molecule has 152 valence electrons. The van der Waals surface area contributed by atoms with Crippen molar-refractivity contribution in [3.05, 3.63) is 60.3 Å². The molecular formula is C21H25N5O3. The van der Waals surface area contributed by atoms with Crippen molar-refractivity contribution in [3.63, 3.8) is 0 Å². The van der Waals surface area contributed by atoms with Gasteiger partial charge in [0, 0.05) is 43.2 Å². The minimum atomic E-state index is -0.571. The zero-order valence-corrected chi connectivity index (χ0v) is 16.1. The minimum Gasteiger partial charge on any atom is -0.494 e. The van der Waals surface area contributed by atoms with Gasteiger partial charge in [-0.05, 0) is 43.7 Å². The maximum Gasteiger partial charge on any atom is 0.253 e. The summed E-state index contributed by atoms with van der Waals surface area (Å²) in [6, 6.07) is 7.10. The van der Waals surface area contributed by atoms with Crippen molar-refractivity contribution in [1.82, 2.24) is 19.3 Å². The molecule has 3 aromatic rings. The molecular weight excluding hydrogens is 370 g/mol. The van der Waals surface area contributed by atoms with E-state index in [-0.39, 0.29) is 11.8 Å². The van der Waals surface area contributed by atoms with Gasteiger partial charge in [0.05, 0.1) is 24.6 Å². The van der Waals surface area contributed by atoms with Crippen molar-refractivity contribution in [1.29, 1.82) is 0 Å². The lowest BCUT2D eigenvalue weighted by atomic mass is 10.0. The van der Waals surface area contributed by atoms with Crippen molar-refractivity contribution < 1.29 is 14.6 Å². The van der Waals surface area contributed by atoms with Crippen molar-refractivity contribution in [2.24, 2.45) is 11.7 Å². The van der Waals surface area contributed by atoms with Crippen LogP contribution in [0.25, 0.3) is 5.65 Å². The minimum absolute atomic E-state index is 0.0497. The molecule has 29 heavy (non-hydrogen) atoms. The molecule has 4 rings (SSSR count). The number of ether oxygens (including phenoxy) is 1. The number of rotatable bonds is 7. The predicted octanol–water partition coefficient (Wildman–Crippen LogP) is 1.13. The van der Waals surface area contributed by atoms with Gasteiger partial charge in [-0.25, -0.2) is 4.98 Å². The van der Waals surface area contributed by atoms with Crippen LogP contribution in [0, 0.1) is 5.92 Å². The fourth-order valence-corrected chi connectivity index (χ4v) is 3.61. The van der Waals surface area contributed by atoms with E-state index in [0.29, 0.717) is 38.2 Å². The van der Waals surface area contributed by atoms with Gasteiger partial charge in [0.15, 0.2) is 5.65 Å². The van der Waals surface area contributed by atoms with Crippen LogP contribution in [0.15, 0.2) is 49.1 Å². The Morgan fingerprint density at radius 2 is 2.07 bits per heavy atom. The number of fused-ring (bicyclic) bond motifs is 1. The predicted molar refractivity (Wildman–Crippen MR) is 108 cm³/mol. The maximum atomic E-state index is 12.8. The molecule has 0 radical (unpaired) electrons. The molecule has 1 amide bonds. The van der Waals surface area contributed by atoms with Gasteiger partial charge in [-0.2, -0.15) is 0 Å². The number of nitrogens with zero attached hydrogens (tertiary/aromatic N) is 4. The molecule has 1 aliphatic heterocycles. The van der Waals surface area contributed by atoms with E-state index in [2.05, 4.69) is 9.97 Å². The summed E-state index contributed by atoms with van der Waals surface area (Å²) in [5.41, 5.74) is 7.70. The van der Waals surface area contributed by atoms with E-state index in [0.717, 1.165) is 23.5 Å². The SMILES string of the molecule is NCCCOc1ccc(C(=O)N2C[C@H](Cc3cn4ccnc4cn3)[C@H](O)C2)cc1. The monoisotopic (exact) mass is 395 g/mol. The Morgan fingerprint density at radius 3 is 2.86 bits per heavy atom. The third-order valence-corrected chi connectivity index (χ3v) is 5.22. The second-order valence-corrected chi connectivity index (χ2v) is 7.33. The number of aliphatic hydroxyl groups excluding tert-OH is 1. The summed E-state index contributed by atoms with van der Waals surface area (Å²) in [6.07, 6.45) is 8.05. The normalized spacial score (nSPS) is 19.0. The fourth-order valence-electron chi connectivity index (χ4n) is 3.61. The highest BCUT2D eigenvalue weighted by atomic mass is 16.5. The smallest absolute Gasteiger partial charge is 0.253 e. The van der Waals surface area contributed by atoms with Crippen LogP contribution in [0.5, 0.6) is 5.75 Å². The summed E-state index contributed by atoms with van der Waals surface area (Å²) in [4.78, 5) is 23.1. The number of amides is 1. The van der Waals surface area contributed by atoms with Gasteiger partial charge in [-0.1, -0.05) is 0 Å². The number of hydrogen-bond donors (Lipinski definition) is 2. The van der Waals surface area contributed by atoms with Crippen LogP contribution in [0.3, 0.4) is 0 Å². The first-order chi connectivity index (χ1) is 14.1. The fraction of sp³-hybridized carbons (Fsp3) is 0.381. The molecule has 2 aromatic heterocycles. The van der Waals surface area contributed by atoms with Crippen LogP contribution >= 0.6 is 0 Å². The molecule has 0 saturated carbocycles. The standard InChI is InChI=1S/C21H25N5O3/c22-6-1-9-29-18-4-2-15(3-5-18)21(28)26-12-16(19(27)14-26)10-17-13-25-8-7-23-20(25)11-24-17/h2-5,7-8,11,13,16,19,27H,1,6,9-10,12,14,22H2/t16-,19+/m0/s1. The van der Waals surface area contributed by atoms with Gasteiger partial charge in [0.2, 0.25) is 0 Å². The van der Waals surface area contributed by atoms with E-state index in [1.807, 2.05) is 16.8 Å². The number of β-amino-alcohol motifs (C(OH)–C–C–N with tert-alkyl or cyclic N) is 1. The molecule has 1 fully saturated rings. The summed E-state index contributed by atoms with van der Waals surface area (Å²) in [7, 11) is 0. The third-order valence-electron chi connectivity index (χ3n) is 5.22. The molecule has 2 atom stereocenters. The van der Waals surface area contributed by atoms with Crippen LogP contribution in [0.1, 0.15) is 22.5 Å². The van der Waals surface area contributed by atoms with Gasteiger partial charge >= 0.3 is 0 Å². The third kappa shape index (κ3) is 4.38. The zero-order valence-electron chi connectivity index (χ0n) is 16.1. The Kier molecular flexibility index (Phi) is 5.73. The van der Waals surface area contributed by atoms with Crippen molar-refractivity contribution in [2.45, 2.75) is 18.9 Å². The molecule has 0 aliphatic carbocycles. The summed E-state index contributed by atoms with van der Waals surface area (Å²) in [5.74, 6) is 0.583. The lowest BCUT2D eigenvalue weighted by molar-refractivity contribution is 0.0764. The molecule has 1 aliphatic rings. The molecule has 0 unspecified atom stereocenters. The highest BCUT2D eigenvalue weighted by Gasteiger charge is 2.34. The van der Waals surface area contributed by atoms with E-state index < -0.39 is 6.10 Å². The Balaban J connectivity index is 1.37. The van der Waals surface area contributed by atoms with Gasteiger partial charge in [-0.3, -0.25) is 9.78 Å². The highest BCUT2D eigenvalue weighted by molar-refractivity contribution is 5.94. The summed E-state index contributed by atoms with van der Waals surface area (Å²) < 4.78 is 7.48. The van der Waals surface area contributed by atoms with Crippen LogP contribution < -0.4 is 10.5 Å². The Morgan fingerprint density at radius 1 is 1.24 bits per heavy atom. The molecule has 1 aromatic carbocycles. The van der Waals surface area contributed by atoms with E-state index in [1.54, 1.807) is 41.6 Å². The zero-order chi connectivity index (χ0) is 20.2. The first-order valence-corrected chi connectivity index (χ1v) is 9.82. The second-order valence-electron chi connectivity index (χ2n) is 7.33. The molecule has 0 bridgehead atoms. The molecule has 8 heteroatoms. The average Bonchev–Trinajstić information content (AvgIpc) is 3.34. The number of aliphatic hydroxyl groups is 1. The molecule has 0 spiro atoms. The summed E-state index contributed by atoms with van der Waals surface area (Å²) in [5, 5.41) is 10.5. The van der Waals surface area contributed by atoms with Crippen LogP contribution in [-0.2, 0) is 6.42 Å². The number of aromatic nitrogens is 3. The van der Waals surface area contributed by atoms with Gasteiger partial charge in [0.1, 0.15) is 5.75 Å². The number of likely N-dealkylation sites (tertiary alicyclic amines) is 1. The van der Waals surface area contributed by atoms with Gasteiger partial charge < -0.3 is 24.9 Å². The number of imidazole rings is 1. The van der Waals surface area contributed by atoms with Crippen molar-refractivity contribution in [3.8, 4) is 5.75 Å². The topological polar surface area (TPSA) is 106 Å². The second kappa shape index (κ2) is 8.59. The molecule has 1 saturated heterocycles. The van der Waals surface area contributed by atoms with Crippen molar-refractivity contribution >= 4 is 11.6 Å². The number of carbonyl (C=O) groups excluding carboxylic acids is 1. The van der Waals surface area contributed by atoms with Gasteiger partial charge in [0.25, 0.3) is 5.91 Å². The van der Waals surface area contributed by atoms with Crippen LogP contribution in [-0.4, -0.2) is 62.6 Å².